The van der Waals surface area contributed by atoms with Crippen molar-refractivity contribution >= 4 is 21.7 Å². The summed E-state index contributed by atoms with van der Waals surface area (Å²) in [6, 6.07) is 0. The van der Waals surface area contributed by atoms with Gasteiger partial charge in [0.2, 0.25) is 5.91 Å². The Balaban J connectivity index is 1.98. The highest BCUT2D eigenvalue weighted by molar-refractivity contribution is 7.91. The number of esters is 1. The summed E-state index contributed by atoms with van der Waals surface area (Å²) in [5.41, 5.74) is -0.914. The molecule has 1 N–H and O–H groups in total. The van der Waals surface area contributed by atoms with Gasteiger partial charge in [0.05, 0.1) is 18.1 Å². The molecule has 1 amide bonds. The van der Waals surface area contributed by atoms with Crippen molar-refractivity contribution in [2.75, 3.05) is 18.1 Å². The van der Waals surface area contributed by atoms with E-state index in [4.69, 9.17) is 4.74 Å². The quantitative estimate of drug-likeness (QED) is 0.765. The molecule has 1 atom stereocenters. The van der Waals surface area contributed by atoms with E-state index in [1.807, 2.05) is 0 Å². The van der Waals surface area contributed by atoms with E-state index in [2.05, 4.69) is 5.32 Å². The van der Waals surface area contributed by atoms with Crippen LogP contribution in [-0.2, 0) is 24.2 Å². The largest absolute Gasteiger partial charge is 0.464 e. The fourth-order valence-corrected chi connectivity index (χ4v) is 5.28. The number of amides is 1. The molecule has 2 rings (SSSR count). The summed E-state index contributed by atoms with van der Waals surface area (Å²) < 4.78 is 28.1. The Hall–Kier alpha value is -1.11. The average Bonchev–Trinajstić information content (AvgIpc) is 2.79. The number of nitrogens with one attached hydrogen (secondary N) is 1. The van der Waals surface area contributed by atoms with Crippen LogP contribution in [0.1, 0.15) is 51.9 Å². The van der Waals surface area contributed by atoms with Crippen LogP contribution in [-0.4, -0.2) is 43.9 Å². The minimum atomic E-state index is -2.99. The molecule has 6 nitrogen and oxygen atoms in total. The molecule has 0 spiro atoms. The van der Waals surface area contributed by atoms with Crippen molar-refractivity contribution in [3.05, 3.63) is 0 Å². The number of carbonyl (C=O) groups excluding carboxylic acids is 2. The summed E-state index contributed by atoms with van der Waals surface area (Å²) in [7, 11) is -2.99. The lowest BCUT2D eigenvalue weighted by atomic mass is 9.81. The maximum atomic E-state index is 12.3. The van der Waals surface area contributed by atoms with Gasteiger partial charge in [-0.05, 0) is 32.1 Å². The van der Waals surface area contributed by atoms with Gasteiger partial charge in [-0.2, -0.15) is 0 Å². The predicted octanol–water partition coefficient (Wildman–Crippen LogP) is 1.19. The van der Waals surface area contributed by atoms with Crippen molar-refractivity contribution in [1.82, 2.24) is 5.32 Å². The highest BCUT2D eigenvalue weighted by Gasteiger charge is 2.42. The molecule has 2 aliphatic rings. The van der Waals surface area contributed by atoms with Gasteiger partial charge < -0.3 is 10.1 Å². The molecule has 1 saturated carbocycles. The third kappa shape index (κ3) is 4.21. The predicted molar refractivity (Wildman–Crippen MR) is 82.0 cm³/mol. The van der Waals surface area contributed by atoms with Gasteiger partial charge in [-0.1, -0.05) is 19.3 Å². The summed E-state index contributed by atoms with van der Waals surface area (Å²) in [5, 5.41) is 2.86. The highest BCUT2D eigenvalue weighted by Crippen LogP contribution is 2.30. The first kappa shape index (κ1) is 17.2. The van der Waals surface area contributed by atoms with E-state index in [9.17, 15) is 18.0 Å². The standard InChI is InChI=1S/C15H25NO5S/c1-2-21-14(18)15(7-4-3-5-8-15)16-13(17)10-12-6-9-22(19,20)11-12/h12H,2-11H2,1H3,(H,16,17). The smallest absolute Gasteiger partial charge is 0.331 e. The molecule has 0 aromatic carbocycles. The molecule has 1 aliphatic heterocycles. The number of sulfone groups is 1. The Bertz CT molecular complexity index is 522. The van der Waals surface area contributed by atoms with Crippen LogP contribution in [0.3, 0.4) is 0 Å². The zero-order valence-corrected chi connectivity index (χ0v) is 13.9. The Labute approximate surface area is 131 Å². The fourth-order valence-electron chi connectivity index (χ4n) is 3.42. The zero-order valence-electron chi connectivity index (χ0n) is 13.1. The van der Waals surface area contributed by atoms with Gasteiger partial charge in [-0.15, -0.1) is 0 Å². The van der Waals surface area contributed by atoms with Crippen LogP contribution in [0, 0.1) is 5.92 Å². The van der Waals surface area contributed by atoms with Crippen molar-refractivity contribution < 1.29 is 22.7 Å². The van der Waals surface area contributed by atoms with Crippen molar-refractivity contribution in [2.45, 2.75) is 57.4 Å². The van der Waals surface area contributed by atoms with Crippen LogP contribution >= 0.6 is 0 Å². The van der Waals surface area contributed by atoms with Crippen LogP contribution in [0.2, 0.25) is 0 Å². The van der Waals surface area contributed by atoms with E-state index >= 15 is 0 Å². The highest BCUT2D eigenvalue weighted by atomic mass is 32.2. The molecule has 0 radical (unpaired) electrons. The van der Waals surface area contributed by atoms with Crippen molar-refractivity contribution in [2.24, 2.45) is 5.92 Å². The third-order valence-corrected chi connectivity index (χ3v) is 6.39. The molecule has 22 heavy (non-hydrogen) atoms. The van der Waals surface area contributed by atoms with E-state index < -0.39 is 15.4 Å². The van der Waals surface area contributed by atoms with E-state index in [1.165, 1.54) is 0 Å². The van der Waals surface area contributed by atoms with Crippen LogP contribution in [0.4, 0.5) is 0 Å². The van der Waals surface area contributed by atoms with Gasteiger partial charge in [0.25, 0.3) is 0 Å². The van der Waals surface area contributed by atoms with Crippen molar-refractivity contribution in [3.8, 4) is 0 Å². The van der Waals surface area contributed by atoms with Gasteiger partial charge in [0.1, 0.15) is 5.54 Å². The molecule has 1 aliphatic carbocycles. The van der Waals surface area contributed by atoms with Gasteiger partial charge >= 0.3 is 5.97 Å². The number of carbonyl (C=O) groups is 2. The molecule has 1 heterocycles. The topological polar surface area (TPSA) is 89.5 Å². The summed E-state index contributed by atoms with van der Waals surface area (Å²) >= 11 is 0. The molecule has 126 valence electrons. The lowest BCUT2D eigenvalue weighted by molar-refractivity contribution is -0.155. The summed E-state index contributed by atoms with van der Waals surface area (Å²) in [4.78, 5) is 24.5. The molecule has 0 aromatic heterocycles. The minimum Gasteiger partial charge on any atom is -0.464 e. The first-order valence-corrected chi connectivity index (χ1v) is 9.88. The van der Waals surface area contributed by atoms with Crippen molar-refractivity contribution in [1.29, 1.82) is 0 Å². The maximum absolute atomic E-state index is 12.3. The zero-order chi connectivity index (χ0) is 16.2. The normalized spacial score (nSPS) is 26.3. The van der Waals surface area contributed by atoms with Gasteiger partial charge in [-0.25, -0.2) is 13.2 Å². The molecule has 1 saturated heterocycles. The van der Waals surface area contributed by atoms with Gasteiger partial charge in [-0.3, -0.25) is 4.79 Å². The average molecular weight is 331 g/mol. The lowest BCUT2D eigenvalue weighted by Crippen LogP contribution is -2.56. The van der Waals surface area contributed by atoms with E-state index in [1.54, 1.807) is 6.92 Å². The monoisotopic (exact) mass is 331 g/mol. The second-order valence-electron chi connectivity index (χ2n) is 6.38. The van der Waals surface area contributed by atoms with Gasteiger partial charge in [0.15, 0.2) is 9.84 Å². The first-order chi connectivity index (χ1) is 10.4. The van der Waals surface area contributed by atoms with E-state index in [0.29, 0.717) is 19.3 Å². The Morgan fingerprint density at radius 3 is 2.45 bits per heavy atom. The van der Waals surface area contributed by atoms with E-state index in [0.717, 1.165) is 19.3 Å². The van der Waals surface area contributed by atoms with Crippen molar-refractivity contribution in [3.63, 3.8) is 0 Å². The minimum absolute atomic E-state index is 0.0762. The molecule has 1 unspecified atom stereocenters. The third-order valence-electron chi connectivity index (χ3n) is 4.55. The maximum Gasteiger partial charge on any atom is 0.331 e. The summed E-state index contributed by atoms with van der Waals surface area (Å²) in [6.45, 7) is 2.04. The molecular weight excluding hydrogens is 306 g/mol. The number of hydrogen-bond acceptors (Lipinski definition) is 5. The Morgan fingerprint density at radius 1 is 1.23 bits per heavy atom. The van der Waals surface area contributed by atoms with Crippen LogP contribution in [0.5, 0.6) is 0 Å². The molecule has 0 aromatic rings. The molecule has 7 heteroatoms. The van der Waals surface area contributed by atoms with Gasteiger partial charge in [0, 0.05) is 6.42 Å². The molecular formula is C15H25NO5S. The van der Waals surface area contributed by atoms with Crippen LogP contribution < -0.4 is 5.32 Å². The molecule has 0 bridgehead atoms. The lowest BCUT2D eigenvalue weighted by Gasteiger charge is -2.35. The van der Waals surface area contributed by atoms with E-state index in [-0.39, 0.29) is 42.3 Å². The van der Waals surface area contributed by atoms with Crippen LogP contribution in [0.25, 0.3) is 0 Å². The van der Waals surface area contributed by atoms with Crippen LogP contribution in [0.15, 0.2) is 0 Å². The number of hydrogen-bond donors (Lipinski definition) is 1. The fraction of sp³-hybridized carbons (Fsp3) is 0.867. The Kier molecular flexibility index (Phi) is 5.47. The second-order valence-corrected chi connectivity index (χ2v) is 8.61. The summed E-state index contributed by atoms with van der Waals surface area (Å²) in [6.07, 6.45) is 4.72. The number of rotatable bonds is 5. The molecule has 2 fully saturated rings. The SMILES string of the molecule is CCOC(=O)C1(NC(=O)CC2CCS(=O)(=O)C2)CCCCC1. The number of ether oxygens (including phenoxy) is 1. The second kappa shape index (κ2) is 6.98. The Morgan fingerprint density at radius 2 is 1.91 bits per heavy atom. The summed E-state index contributed by atoms with van der Waals surface area (Å²) in [5.74, 6) is -0.493. The first-order valence-electron chi connectivity index (χ1n) is 8.05.